The zero-order chi connectivity index (χ0) is 23.2. The number of anilines is 2. The van der Waals surface area contributed by atoms with Gasteiger partial charge in [-0.25, -0.2) is 38.1 Å². The zero-order valence-corrected chi connectivity index (χ0v) is 19.6. The summed E-state index contributed by atoms with van der Waals surface area (Å²) < 4.78 is 25.6. The quantitative estimate of drug-likeness (QED) is 0.597. The fraction of sp³-hybridized carbons (Fsp3) is 0.409. The van der Waals surface area contributed by atoms with E-state index in [9.17, 15) is 8.42 Å². The van der Waals surface area contributed by atoms with Crippen LogP contribution in [0.25, 0.3) is 11.6 Å². The van der Waals surface area contributed by atoms with Crippen LogP contribution in [-0.4, -0.2) is 65.3 Å². The summed E-state index contributed by atoms with van der Waals surface area (Å²) in [5.41, 5.74) is 3.20. The Morgan fingerprint density at radius 1 is 1.03 bits per heavy atom. The molecule has 0 aromatic carbocycles. The van der Waals surface area contributed by atoms with Gasteiger partial charge in [-0.05, 0) is 37.6 Å². The monoisotopic (exact) mass is 466 g/mol. The summed E-state index contributed by atoms with van der Waals surface area (Å²) in [4.78, 5) is 27.0. The van der Waals surface area contributed by atoms with Crippen molar-refractivity contribution in [3.8, 4) is 11.6 Å². The molecule has 1 atom stereocenters. The number of nitrogens with one attached hydrogen (secondary N) is 1. The van der Waals surface area contributed by atoms with Gasteiger partial charge < -0.3 is 9.80 Å². The van der Waals surface area contributed by atoms with Crippen molar-refractivity contribution in [3.63, 3.8) is 0 Å². The zero-order valence-electron chi connectivity index (χ0n) is 18.8. The highest BCUT2D eigenvalue weighted by molar-refractivity contribution is 7.88. The van der Waals surface area contributed by atoms with Crippen LogP contribution in [0, 0.1) is 6.92 Å². The van der Waals surface area contributed by atoms with Gasteiger partial charge in [-0.1, -0.05) is 0 Å². The van der Waals surface area contributed by atoms with E-state index in [1.165, 1.54) is 6.26 Å². The number of fused-ring (bicyclic) bond motifs is 1. The molecule has 33 heavy (non-hydrogen) atoms. The van der Waals surface area contributed by atoms with E-state index < -0.39 is 10.0 Å². The van der Waals surface area contributed by atoms with Gasteiger partial charge in [0, 0.05) is 50.2 Å². The summed E-state index contributed by atoms with van der Waals surface area (Å²) in [6.07, 6.45) is 7.21. The van der Waals surface area contributed by atoms with Crippen molar-refractivity contribution in [1.82, 2.24) is 29.6 Å². The maximum absolute atomic E-state index is 11.5. The lowest BCUT2D eigenvalue weighted by atomic mass is 9.99. The molecule has 0 spiro atoms. The van der Waals surface area contributed by atoms with Gasteiger partial charge in [0.25, 0.3) is 0 Å². The number of nitrogens with zero attached hydrogens (tertiary/aromatic N) is 7. The Morgan fingerprint density at radius 3 is 2.48 bits per heavy atom. The van der Waals surface area contributed by atoms with Crippen molar-refractivity contribution in [2.75, 3.05) is 35.7 Å². The number of hydrogen-bond acceptors (Lipinski definition) is 9. The van der Waals surface area contributed by atoms with E-state index in [-0.39, 0.29) is 12.1 Å². The van der Waals surface area contributed by atoms with Crippen LogP contribution in [0.2, 0.25) is 0 Å². The van der Waals surface area contributed by atoms with Crippen molar-refractivity contribution in [3.05, 3.63) is 53.6 Å². The Balaban J connectivity index is 1.36. The highest BCUT2D eigenvalue weighted by Gasteiger charge is 2.32. The molecule has 1 unspecified atom stereocenters. The lowest BCUT2D eigenvalue weighted by Gasteiger charge is -2.41. The average molecular weight is 467 g/mol. The van der Waals surface area contributed by atoms with Gasteiger partial charge in [0.2, 0.25) is 10.0 Å². The van der Waals surface area contributed by atoms with E-state index in [4.69, 9.17) is 9.97 Å². The van der Waals surface area contributed by atoms with Gasteiger partial charge in [-0.2, -0.15) is 0 Å². The second-order valence-electron chi connectivity index (χ2n) is 8.64. The normalized spacial score (nSPS) is 18.7. The Hall–Kier alpha value is -3.18. The lowest BCUT2D eigenvalue weighted by Crippen LogP contribution is -2.59. The summed E-state index contributed by atoms with van der Waals surface area (Å²) in [6.45, 7) is 6.20. The average Bonchev–Trinajstić information content (AvgIpc) is 2.75. The molecule has 3 aromatic heterocycles. The Labute approximate surface area is 193 Å². The van der Waals surface area contributed by atoms with Crippen LogP contribution >= 0.6 is 0 Å². The van der Waals surface area contributed by atoms with Crippen LogP contribution in [0.4, 0.5) is 11.6 Å². The summed E-state index contributed by atoms with van der Waals surface area (Å²) in [5.74, 6) is 2.83. The van der Waals surface area contributed by atoms with Crippen molar-refractivity contribution < 1.29 is 8.42 Å². The van der Waals surface area contributed by atoms with E-state index in [0.717, 1.165) is 41.4 Å². The summed E-state index contributed by atoms with van der Waals surface area (Å²) >= 11 is 0. The molecule has 1 fully saturated rings. The number of hydrogen-bond donors (Lipinski definition) is 1. The third-order valence-corrected chi connectivity index (χ3v) is 6.76. The SMILES string of the molecule is Cc1cc(N2CC(NS(C)(=O)=O)C2)nc(N2CCc3nc(-c4ncccn4)ncc3C2C)c1. The fourth-order valence-electron chi connectivity index (χ4n) is 4.38. The maximum Gasteiger partial charge on any atom is 0.209 e. The minimum atomic E-state index is -3.20. The molecular weight excluding hydrogens is 440 g/mol. The molecule has 0 bridgehead atoms. The third-order valence-electron chi connectivity index (χ3n) is 6.00. The van der Waals surface area contributed by atoms with Crippen molar-refractivity contribution in [2.45, 2.75) is 32.4 Å². The second kappa shape index (κ2) is 8.31. The first-order valence-electron chi connectivity index (χ1n) is 10.9. The highest BCUT2D eigenvalue weighted by Crippen LogP contribution is 2.34. The van der Waals surface area contributed by atoms with Crippen LogP contribution in [0.3, 0.4) is 0 Å². The van der Waals surface area contributed by atoms with Gasteiger partial charge in [-0.3, -0.25) is 0 Å². The summed E-state index contributed by atoms with van der Waals surface area (Å²) in [7, 11) is -3.20. The molecule has 0 amide bonds. The van der Waals surface area contributed by atoms with Crippen molar-refractivity contribution >= 4 is 21.7 Å². The molecule has 5 heterocycles. The van der Waals surface area contributed by atoms with Crippen molar-refractivity contribution in [2.24, 2.45) is 0 Å². The molecule has 3 aromatic rings. The first-order chi connectivity index (χ1) is 15.8. The minimum Gasteiger partial charge on any atom is -0.353 e. The number of aryl methyl sites for hydroxylation is 1. The second-order valence-corrected chi connectivity index (χ2v) is 10.4. The molecule has 2 aliphatic heterocycles. The molecule has 10 nitrogen and oxygen atoms in total. The molecule has 0 aliphatic carbocycles. The van der Waals surface area contributed by atoms with Gasteiger partial charge in [0.05, 0.1) is 24.0 Å². The van der Waals surface area contributed by atoms with Crippen LogP contribution in [0.15, 0.2) is 36.8 Å². The van der Waals surface area contributed by atoms with Gasteiger partial charge in [0.1, 0.15) is 11.6 Å². The minimum absolute atomic E-state index is 0.0673. The van der Waals surface area contributed by atoms with Gasteiger partial charge in [-0.15, -0.1) is 0 Å². The molecule has 11 heteroatoms. The predicted octanol–water partition coefficient (Wildman–Crippen LogP) is 1.50. The highest BCUT2D eigenvalue weighted by atomic mass is 32.2. The molecular formula is C22H26N8O2S. The number of rotatable bonds is 5. The Kier molecular flexibility index (Phi) is 5.45. The first kappa shape index (κ1) is 21.7. The van der Waals surface area contributed by atoms with E-state index in [2.05, 4.69) is 49.4 Å². The summed E-state index contributed by atoms with van der Waals surface area (Å²) in [6, 6.07) is 5.89. The Bertz CT molecular complexity index is 1280. The molecule has 1 N–H and O–H groups in total. The first-order valence-corrected chi connectivity index (χ1v) is 12.8. The van der Waals surface area contributed by atoms with E-state index in [0.29, 0.717) is 24.7 Å². The van der Waals surface area contributed by atoms with Gasteiger partial charge in [0.15, 0.2) is 11.6 Å². The molecule has 2 aliphatic rings. The van der Waals surface area contributed by atoms with Crippen LogP contribution in [-0.2, 0) is 16.4 Å². The third kappa shape index (κ3) is 4.51. The Morgan fingerprint density at radius 2 is 1.76 bits per heavy atom. The molecule has 0 saturated carbocycles. The van der Waals surface area contributed by atoms with Crippen LogP contribution in [0.5, 0.6) is 0 Å². The fourth-order valence-corrected chi connectivity index (χ4v) is 5.14. The largest absolute Gasteiger partial charge is 0.353 e. The maximum atomic E-state index is 11.5. The molecule has 172 valence electrons. The molecule has 0 radical (unpaired) electrons. The van der Waals surface area contributed by atoms with E-state index >= 15 is 0 Å². The number of sulfonamides is 1. The van der Waals surface area contributed by atoms with Crippen LogP contribution in [0.1, 0.15) is 29.8 Å². The standard InChI is InChI=1S/C22H26N8O2S/c1-14-9-19(29-12-16(13-29)28-33(3,31)32)27-20(10-14)30-8-5-18-17(15(30)2)11-25-22(26-18)21-23-6-4-7-24-21/h4,6-7,9-11,15-16,28H,5,8,12-13H2,1-3H3. The number of pyridine rings is 1. The lowest BCUT2D eigenvalue weighted by molar-refractivity contribution is 0.467. The molecule has 1 saturated heterocycles. The summed E-state index contributed by atoms with van der Waals surface area (Å²) in [5, 5.41) is 0. The smallest absolute Gasteiger partial charge is 0.209 e. The van der Waals surface area contributed by atoms with Crippen LogP contribution < -0.4 is 14.5 Å². The molecule has 5 rings (SSSR count). The predicted molar refractivity (Wildman–Crippen MR) is 125 cm³/mol. The van der Waals surface area contributed by atoms with Crippen molar-refractivity contribution in [1.29, 1.82) is 0 Å². The van der Waals surface area contributed by atoms with Gasteiger partial charge >= 0.3 is 0 Å². The number of aromatic nitrogens is 5. The van der Waals surface area contributed by atoms with E-state index in [1.54, 1.807) is 18.5 Å². The topological polar surface area (TPSA) is 117 Å². The van der Waals surface area contributed by atoms with E-state index in [1.807, 2.05) is 12.3 Å².